The largest absolute Gasteiger partial charge is 0.478 e. The molecular weight excluding hydrogens is 454 g/mol. The Balaban J connectivity index is 1.72. The molecule has 1 N–H and O–H groups in total. The van der Waals surface area contributed by atoms with Crippen LogP contribution >= 0.6 is 0 Å². The van der Waals surface area contributed by atoms with Crippen LogP contribution < -0.4 is 0 Å². The predicted octanol–water partition coefficient (Wildman–Crippen LogP) is 6.41. The van der Waals surface area contributed by atoms with E-state index in [0.717, 1.165) is 11.1 Å². The number of pyridine rings is 1. The number of carbonyl (C=O) groups excluding carboxylic acids is 1. The van der Waals surface area contributed by atoms with Crippen LogP contribution in [-0.2, 0) is 0 Å². The maximum absolute atomic E-state index is 13.6. The molecule has 0 bridgehead atoms. The summed E-state index contributed by atoms with van der Waals surface area (Å²) in [5, 5.41) is 22.7. The molecule has 0 saturated heterocycles. The van der Waals surface area contributed by atoms with Crippen LogP contribution in [0.25, 0.3) is 22.5 Å². The fourth-order valence-electron chi connectivity index (χ4n) is 3.69. The minimum atomic E-state index is -1.02. The van der Waals surface area contributed by atoms with Crippen molar-refractivity contribution in [2.45, 2.75) is 0 Å². The maximum Gasteiger partial charge on any atom is 0.335 e. The maximum atomic E-state index is 13.6. The average molecular weight is 473 g/mol. The number of hydrogen-bond acceptors (Lipinski definition) is 6. The molecule has 0 spiro atoms. The minimum absolute atomic E-state index is 0.152. The molecule has 0 radical (unpaired) electrons. The van der Waals surface area contributed by atoms with Gasteiger partial charge in [0.15, 0.2) is 0 Å². The molecule has 3 aromatic carbocycles. The first-order valence-electron chi connectivity index (χ1n) is 11.1. The molecule has 8 nitrogen and oxygen atoms in total. The molecule has 0 fully saturated rings. The number of aromatic carboxylic acids is 1. The second kappa shape index (κ2) is 9.94. The zero-order valence-corrected chi connectivity index (χ0v) is 18.9. The fraction of sp³-hybridized carbons (Fsp3) is 0. The highest BCUT2D eigenvalue weighted by Gasteiger charge is 2.25. The van der Waals surface area contributed by atoms with Crippen molar-refractivity contribution in [3.05, 3.63) is 121 Å². The van der Waals surface area contributed by atoms with Crippen LogP contribution in [0, 0.1) is 0 Å². The molecule has 0 saturated carbocycles. The number of carbonyl (C=O) groups is 2. The highest BCUT2D eigenvalue weighted by Crippen LogP contribution is 2.40. The Morgan fingerprint density at radius 1 is 0.694 bits per heavy atom. The van der Waals surface area contributed by atoms with Crippen molar-refractivity contribution >= 4 is 23.3 Å². The van der Waals surface area contributed by atoms with E-state index in [1.165, 1.54) is 16.8 Å². The monoisotopic (exact) mass is 473 g/mol. The lowest BCUT2D eigenvalue weighted by Crippen LogP contribution is -2.15. The summed E-state index contributed by atoms with van der Waals surface area (Å²) < 4.78 is 1.34. The first-order chi connectivity index (χ1) is 17.6. The third kappa shape index (κ3) is 4.55. The van der Waals surface area contributed by atoms with Gasteiger partial charge in [-0.1, -0.05) is 60.7 Å². The fourth-order valence-corrected chi connectivity index (χ4v) is 3.69. The van der Waals surface area contributed by atoms with Gasteiger partial charge in [0.05, 0.1) is 11.3 Å². The number of carboxylic acids is 1. The standard InChI is InChI=1S/C28H19N5O3/c34-27(21-15-17-29-18-16-21)33-26(20-9-5-2-6-10-20)25(24(32-33)19-7-3-1-4-8-19)31-30-23-13-11-22(12-14-23)28(35)36/h1-18H,(H,35,36). The summed E-state index contributed by atoms with van der Waals surface area (Å²) >= 11 is 0. The van der Waals surface area contributed by atoms with E-state index in [9.17, 15) is 9.59 Å². The van der Waals surface area contributed by atoms with Crippen molar-refractivity contribution in [1.82, 2.24) is 14.8 Å². The summed E-state index contributed by atoms with van der Waals surface area (Å²) in [4.78, 5) is 28.7. The van der Waals surface area contributed by atoms with Crippen molar-refractivity contribution in [3.63, 3.8) is 0 Å². The highest BCUT2D eigenvalue weighted by molar-refractivity contribution is 6.01. The minimum Gasteiger partial charge on any atom is -0.478 e. The lowest BCUT2D eigenvalue weighted by Gasteiger charge is -2.07. The summed E-state index contributed by atoms with van der Waals surface area (Å²) in [6, 6.07) is 28.2. The Hall–Kier alpha value is -5.24. The quantitative estimate of drug-likeness (QED) is 0.286. The third-order valence-electron chi connectivity index (χ3n) is 5.45. The number of azo groups is 1. The third-order valence-corrected chi connectivity index (χ3v) is 5.45. The van der Waals surface area contributed by atoms with E-state index in [1.54, 1.807) is 36.7 Å². The highest BCUT2D eigenvalue weighted by atomic mass is 16.4. The molecule has 174 valence electrons. The van der Waals surface area contributed by atoms with E-state index in [1.807, 2.05) is 60.7 Å². The van der Waals surface area contributed by atoms with Crippen LogP contribution in [0.3, 0.4) is 0 Å². The first-order valence-corrected chi connectivity index (χ1v) is 11.1. The van der Waals surface area contributed by atoms with E-state index >= 15 is 0 Å². The summed E-state index contributed by atoms with van der Waals surface area (Å²) in [5.74, 6) is -1.35. The van der Waals surface area contributed by atoms with Crippen LogP contribution in [0.2, 0.25) is 0 Å². The summed E-state index contributed by atoms with van der Waals surface area (Å²) in [6.45, 7) is 0. The molecule has 0 aliphatic carbocycles. The molecule has 8 heteroatoms. The molecule has 0 amide bonds. The Kier molecular flexibility index (Phi) is 6.23. The average Bonchev–Trinajstić information content (AvgIpc) is 3.32. The van der Waals surface area contributed by atoms with E-state index in [-0.39, 0.29) is 11.5 Å². The molecule has 0 atom stereocenters. The second-order valence-corrected chi connectivity index (χ2v) is 7.78. The van der Waals surface area contributed by atoms with E-state index in [0.29, 0.717) is 28.3 Å². The van der Waals surface area contributed by atoms with Gasteiger partial charge in [-0.3, -0.25) is 9.78 Å². The summed E-state index contributed by atoms with van der Waals surface area (Å²) in [7, 11) is 0. The summed E-state index contributed by atoms with van der Waals surface area (Å²) in [6.07, 6.45) is 3.11. The van der Waals surface area contributed by atoms with Gasteiger partial charge >= 0.3 is 5.97 Å². The van der Waals surface area contributed by atoms with Gasteiger partial charge in [-0.2, -0.15) is 14.9 Å². The number of benzene rings is 3. The van der Waals surface area contributed by atoms with Gasteiger partial charge in [-0.05, 0) is 36.4 Å². The van der Waals surface area contributed by atoms with E-state index < -0.39 is 5.97 Å². The molecule has 5 aromatic rings. The van der Waals surface area contributed by atoms with Crippen LogP contribution in [0.4, 0.5) is 11.4 Å². The van der Waals surface area contributed by atoms with Gasteiger partial charge in [0.25, 0.3) is 5.91 Å². The number of rotatable bonds is 6. The zero-order chi connectivity index (χ0) is 24.9. The molecular formula is C28H19N5O3. The lowest BCUT2D eigenvalue weighted by atomic mass is 10.1. The Bertz CT molecular complexity index is 1550. The SMILES string of the molecule is O=C(O)c1ccc(N=Nc2c(-c3ccccc3)nn(C(=O)c3ccncc3)c2-c2ccccc2)cc1. The van der Waals surface area contributed by atoms with Crippen molar-refractivity contribution in [2.24, 2.45) is 10.2 Å². The van der Waals surface area contributed by atoms with Gasteiger partial charge in [0.1, 0.15) is 17.1 Å². The molecule has 0 aliphatic rings. The zero-order valence-electron chi connectivity index (χ0n) is 18.9. The molecule has 5 rings (SSSR count). The van der Waals surface area contributed by atoms with Gasteiger partial charge in [0, 0.05) is 29.1 Å². The van der Waals surface area contributed by atoms with Crippen LogP contribution in [0.15, 0.2) is 120 Å². The Morgan fingerprint density at radius 2 is 1.31 bits per heavy atom. The Morgan fingerprint density at radius 3 is 1.92 bits per heavy atom. The number of nitrogens with zero attached hydrogens (tertiary/aromatic N) is 5. The van der Waals surface area contributed by atoms with Crippen molar-refractivity contribution in [1.29, 1.82) is 0 Å². The molecule has 0 aliphatic heterocycles. The van der Waals surface area contributed by atoms with Crippen molar-refractivity contribution in [3.8, 4) is 22.5 Å². The number of aromatic nitrogens is 3. The van der Waals surface area contributed by atoms with Gasteiger partial charge < -0.3 is 5.11 Å². The van der Waals surface area contributed by atoms with Crippen LogP contribution in [0.5, 0.6) is 0 Å². The van der Waals surface area contributed by atoms with Gasteiger partial charge in [0.2, 0.25) is 0 Å². The molecule has 2 aromatic heterocycles. The smallest absolute Gasteiger partial charge is 0.335 e. The van der Waals surface area contributed by atoms with Crippen LogP contribution in [0.1, 0.15) is 20.7 Å². The Labute approximate surface area is 206 Å². The molecule has 36 heavy (non-hydrogen) atoms. The topological polar surface area (TPSA) is 110 Å². The lowest BCUT2D eigenvalue weighted by molar-refractivity contribution is 0.0696. The van der Waals surface area contributed by atoms with E-state index in [4.69, 9.17) is 10.2 Å². The first kappa shape index (κ1) is 22.5. The molecule has 0 unspecified atom stereocenters. The van der Waals surface area contributed by atoms with Gasteiger partial charge in [-0.25, -0.2) is 4.79 Å². The second-order valence-electron chi connectivity index (χ2n) is 7.78. The number of carboxylic acid groups (broad SMARTS) is 1. The van der Waals surface area contributed by atoms with Crippen LogP contribution in [-0.4, -0.2) is 31.7 Å². The van der Waals surface area contributed by atoms with E-state index in [2.05, 4.69) is 15.2 Å². The van der Waals surface area contributed by atoms with Crippen molar-refractivity contribution < 1.29 is 14.7 Å². The predicted molar refractivity (Wildman–Crippen MR) is 135 cm³/mol. The normalized spacial score (nSPS) is 11.0. The number of hydrogen-bond donors (Lipinski definition) is 1. The van der Waals surface area contributed by atoms with Crippen molar-refractivity contribution in [2.75, 3.05) is 0 Å². The van der Waals surface area contributed by atoms with Gasteiger partial charge in [-0.15, -0.1) is 5.11 Å². The summed E-state index contributed by atoms with van der Waals surface area (Å²) in [5.41, 5.74) is 3.95. The molecule has 2 heterocycles.